The molecule has 68 heavy (non-hydrogen) atoms. The molecule has 5 aromatic rings. The van der Waals surface area contributed by atoms with Crippen LogP contribution < -0.4 is 19.5 Å². The molecule has 1 aliphatic heterocycles. The number of fused-ring (bicyclic) bond motifs is 1. The number of benzene rings is 4. The lowest BCUT2D eigenvalue weighted by Crippen LogP contribution is -2.39. The first-order valence-electron chi connectivity index (χ1n) is 22.2. The van der Waals surface area contributed by atoms with Crippen molar-refractivity contribution in [2.24, 2.45) is 0 Å². The van der Waals surface area contributed by atoms with Crippen molar-refractivity contribution in [3.8, 4) is 17.6 Å². The van der Waals surface area contributed by atoms with Crippen LogP contribution >= 0.6 is 8.53 Å². The topological polar surface area (TPSA) is 163 Å². The second-order valence-corrected chi connectivity index (χ2v) is 20.1. The van der Waals surface area contributed by atoms with E-state index in [2.05, 4.69) is 15.5 Å². The minimum absolute atomic E-state index is 0.00139. The fraction of sp³-hybridized carbons (Fsp3) is 0.429. The number of rotatable bonds is 23. The molecular weight excluding hydrogens is 923 g/mol. The molecule has 2 heterocycles. The quantitative estimate of drug-likeness (QED) is 0.0364. The Hall–Kier alpha value is -5.25. The van der Waals surface area contributed by atoms with Gasteiger partial charge in [0, 0.05) is 42.3 Å². The summed E-state index contributed by atoms with van der Waals surface area (Å²) < 4.78 is 109. The van der Waals surface area contributed by atoms with Crippen LogP contribution in [-0.4, -0.2) is 94.3 Å². The van der Waals surface area contributed by atoms with Crippen LogP contribution in [0.15, 0.2) is 103 Å². The molecule has 0 radical (unpaired) electrons. The van der Waals surface area contributed by atoms with Gasteiger partial charge in [0.1, 0.15) is 29.4 Å². The van der Waals surface area contributed by atoms with Crippen LogP contribution in [0.25, 0.3) is 10.9 Å². The number of aromatic nitrogens is 1. The summed E-state index contributed by atoms with van der Waals surface area (Å²) in [5.41, 5.74) is 2.88. The summed E-state index contributed by atoms with van der Waals surface area (Å²) in [6, 6.07) is 32.4. The van der Waals surface area contributed by atoms with Crippen molar-refractivity contribution >= 4 is 41.0 Å². The lowest BCUT2D eigenvalue weighted by Gasteiger charge is -2.39. The maximum absolute atomic E-state index is 13.0. The van der Waals surface area contributed by atoms with Crippen molar-refractivity contribution in [1.29, 1.82) is 5.26 Å². The Balaban J connectivity index is 1.45. The third-order valence-electron chi connectivity index (χ3n) is 11.4. The zero-order chi connectivity index (χ0) is 49.2. The number of ether oxygens (including phenoxy) is 4. The Kier molecular flexibility index (Phi) is 17.6. The van der Waals surface area contributed by atoms with Gasteiger partial charge in [0.15, 0.2) is 0 Å². The number of sulfonamides is 1. The average Bonchev–Trinajstić information content (AvgIpc) is 3.87. The normalized spacial score (nSPS) is 17.1. The maximum atomic E-state index is 13.0. The minimum atomic E-state index is -5.02. The van der Waals surface area contributed by atoms with Crippen LogP contribution in [0.4, 0.5) is 18.9 Å². The van der Waals surface area contributed by atoms with Crippen LogP contribution in [0.1, 0.15) is 75.4 Å². The maximum Gasteiger partial charge on any atom is 0.471 e. The summed E-state index contributed by atoms with van der Waals surface area (Å²) in [6.45, 7) is 8.08. The van der Waals surface area contributed by atoms with Gasteiger partial charge in [-0.05, 0) is 105 Å². The van der Waals surface area contributed by atoms with Crippen LogP contribution in [0, 0.1) is 11.3 Å². The summed E-state index contributed by atoms with van der Waals surface area (Å²) in [5, 5.41) is 12.0. The molecule has 0 aliphatic carbocycles. The van der Waals surface area contributed by atoms with E-state index in [1.54, 1.807) is 32.4 Å². The molecule has 1 aliphatic rings. The first kappa shape index (κ1) is 52.1. The van der Waals surface area contributed by atoms with Gasteiger partial charge in [0.05, 0.1) is 57.8 Å². The lowest BCUT2D eigenvalue weighted by molar-refractivity contribution is -0.173. The van der Waals surface area contributed by atoms with E-state index < -0.39 is 54.7 Å². The average molecular weight is 982 g/mol. The molecule has 0 spiro atoms. The first-order valence-corrected chi connectivity index (χ1v) is 25.3. The predicted octanol–water partition coefficient (Wildman–Crippen LogP) is 9.60. The molecule has 4 unspecified atom stereocenters. The Morgan fingerprint density at radius 3 is 2.07 bits per heavy atom. The molecule has 366 valence electrons. The van der Waals surface area contributed by atoms with E-state index in [4.69, 9.17) is 28.0 Å². The molecule has 4 aromatic carbocycles. The number of methoxy groups -OCH3 is 2. The van der Waals surface area contributed by atoms with Crippen molar-refractivity contribution in [2.45, 2.75) is 95.7 Å². The fourth-order valence-electron chi connectivity index (χ4n) is 8.45. The molecule has 0 saturated carbocycles. The highest BCUT2D eigenvalue weighted by atomic mass is 32.2. The molecule has 1 saturated heterocycles. The SMILES string of the molecule is COc1ccc(C(OCC2OC(n3cc(CCCNC(=O)C(F)(F)F)c4cc(NS(C)(=O)=O)ccc43)CC2OP(OCCC#N)N(C(C)C)C(C)C)(c2ccccc2)c2ccc(OC)cc2)cc1. The van der Waals surface area contributed by atoms with Gasteiger partial charge >= 0.3 is 12.1 Å². The third kappa shape index (κ3) is 12.7. The standard InChI is InChI=1S/C49H59F3N5O9PS/c1-33(2)57(34(3)4)67(64-28-12-26-53)66-44-30-46(56-31-35(13-11-27-54-47(58)49(50,51)52)42-29-39(20-25-43(42)56)55-68(7,59)60)65-45(44)32-63-48(36-14-9-8-10-15-36,37-16-21-40(61-5)22-17-37)38-18-23-41(62-6)24-19-38/h8-10,14-25,29,31,33-34,44-46,55H,11-13,27-28,30,32H2,1-7H3,(H,54,58). The molecule has 6 rings (SSSR count). The fourth-order valence-corrected chi connectivity index (χ4v) is 10.8. The first-order chi connectivity index (χ1) is 32.4. The zero-order valence-electron chi connectivity index (χ0n) is 39.2. The molecule has 1 amide bonds. The van der Waals surface area contributed by atoms with Gasteiger partial charge in [0.25, 0.3) is 8.53 Å². The number of nitrogens with one attached hydrogen (secondary N) is 2. The van der Waals surface area contributed by atoms with Gasteiger partial charge in [-0.15, -0.1) is 0 Å². The Morgan fingerprint density at radius 1 is 0.926 bits per heavy atom. The van der Waals surface area contributed by atoms with Gasteiger partial charge in [-0.1, -0.05) is 54.6 Å². The number of anilines is 1. The van der Waals surface area contributed by atoms with Crippen molar-refractivity contribution < 1.29 is 54.4 Å². The van der Waals surface area contributed by atoms with Gasteiger partial charge in [-0.2, -0.15) is 18.4 Å². The molecule has 19 heteroatoms. The highest BCUT2D eigenvalue weighted by Gasteiger charge is 2.45. The highest BCUT2D eigenvalue weighted by molar-refractivity contribution is 7.92. The Morgan fingerprint density at radius 2 is 1.53 bits per heavy atom. The number of carbonyl (C=O) groups excluding carboxylic acids is 1. The van der Waals surface area contributed by atoms with Gasteiger partial charge in [-0.25, -0.2) is 13.1 Å². The number of amides is 1. The monoisotopic (exact) mass is 981 g/mol. The van der Waals surface area contributed by atoms with E-state index in [0.29, 0.717) is 33.7 Å². The molecule has 1 fully saturated rings. The van der Waals surface area contributed by atoms with E-state index in [1.165, 1.54) is 0 Å². The number of hydrogen-bond acceptors (Lipinski definition) is 11. The summed E-state index contributed by atoms with van der Waals surface area (Å²) in [6.07, 6.45) is -3.40. The van der Waals surface area contributed by atoms with E-state index in [1.807, 2.05) is 123 Å². The lowest BCUT2D eigenvalue weighted by atomic mass is 9.80. The number of nitriles is 1. The largest absolute Gasteiger partial charge is 0.497 e. The molecule has 14 nitrogen and oxygen atoms in total. The summed E-state index contributed by atoms with van der Waals surface area (Å²) >= 11 is 0. The van der Waals surface area contributed by atoms with Crippen molar-refractivity contribution in [3.63, 3.8) is 0 Å². The van der Waals surface area contributed by atoms with E-state index in [0.717, 1.165) is 22.9 Å². The summed E-state index contributed by atoms with van der Waals surface area (Å²) in [4.78, 5) is 11.6. The second-order valence-electron chi connectivity index (χ2n) is 16.9. The van der Waals surface area contributed by atoms with Crippen molar-refractivity contribution in [2.75, 3.05) is 45.0 Å². The van der Waals surface area contributed by atoms with Crippen LogP contribution in [-0.2, 0) is 45.4 Å². The Bertz CT molecular complexity index is 2540. The number of nitrogens with zero attached hydrogens (tertiary/aromatic N) is 3. The number of halogens is 3. The van der Waals surface area contributed by atoms with Gasteiger partial charge in [0.2, 0.25) is 10.0 Å². The van der Waals surface area contributed by atoms with Crippen LogP contribution in [0.5, 0.6) is 11.5 Å². The predicted molar refractivity (Wildman–Crippen MR) is 255 cm³/mol. The zero-order valence-corrected chi connectivity index (χ0v) is 40.9. The smallest absolute Gasteiger partial charge is 0.471 e. The van der Waals surface area contributed by atoms with Gasteiger partial charge in [-0.3, -0.25) is 9.52 Å². The summed E-state index contributed by atoms with van der Waals surface area (Å²) in [5.74, 6) is -0.707. The third-order valence-corrected chi connectivity index (χ3v) is 14.2. The van der Waals surface area contributed by atoms with Crippen LogP contribution in [0.3, 0.4) is 0 Å². The van der Waals surface area contributed by atoms with Crippen LogP contribution in [0.2, 0.25) is 0 Å². The number of aryl methyl sites for hydroxylation is 1. The van der Waals surface area contributed by atoms with Gasteiger partial charge < -0.3 is 37.9 Å². The highest BCUT2D eigenvalue weighted by Crippen LogP contribution is 2.51. The number of hydrogen-bond donors (Lipinski definition) is 2. The van der Waals surface area contributed by atoms with Crippen molar-refractivity contribution in [1.82, 2.24) is 14.6 Å². The Labute approximate surface area is 397 Å². The summed E-state index contributed by atoms with van der Waals surface area (Å²) in [7, 11) is -2.22. The second kappa shape index (κ2) is 22.9. The molecule has 0 bridgehead atoms. The molecular formula is C49H59F3N5O9PS. The molecule has 1 aromatic heterocycles. The van der Waals surface area contributed by atoms with E-state index >= 15 is 0 Å². The molecule has 4 atom stereocenters. The number of carbonyl (C=O) groups is 1. The van der Waals surface area contributed by atoms with Crippen molar-refractivity contribution in [3.05, 3.63) is 126 Å². The van der Waals surface area contributed by atoms with E-state index in [9.17, 15) is 31.6 Å². The minimum Gasteiger partial charge on any atom is -0.497 e. The molecule has 2 N–H and O–H groups in total. The number of alkyl halides is 3. The van der Waals surface area contributed by atoms with E-state index in [-0.39, 0.29) is 57.5 Å².